The molecule has 0 saturated carbocycles. The number of aromatic nitrogens is 2. The summed E-state index contributed by atoms with van der Waals surface area (Å²) >= 11 is 0. The lowest BCUT2D eigenvalue weighted by atomic mass is 10.1. The van der Waals surface area contributed by atoms with Crippen LogP contribution < -0.4 is 22.1 Å². The molecule has 6 N–H and O–H groups in total. The summed E-state index contributed by atoms with van der Waals surface area (Å²) in [7, 11) is 1.69. The summed E-state index contributed by atoms with van der Waals surface area (Å²) in [6.45, 7) is 0.316. The van der Waals surface area contributed by atoms with E-state index in [1.807, 2.05) is 24.3 Å². The molecule has 0 aliphatic carbocycles. The number of amides is 3. The smallest absolute Gasteiger partial charge is 0.316 e. The minimum Gasteiger partial charge on any atom is -0.444 e. The van der Waals surface area contributed by atoms with E-state index in [1.54, 1.807) is 36.3 Å². The zero-order valence-electron chi connectivity index (χ0n) is 18.3. The molecule has 4 aromatic rings. The Hall–Kier alpha value is -4.64. The van der Waals surface area contributed by atoms with Crippen LogP contribution in [0.15, 0.2) is 70.0 Å². The van der Waals surface area contributed by atoms with Gasteiger partial charge in [-0.15, -0.1) is 0 Å². The minimum absolute atomic E-state index is 0.0591. The average Bonchev–Trinajstić information content (AvgIpc) is 3.51. The first kappa shape index (κ1) is 22.6. The number of carbonyl (C=O) groups excluding carboxylic acids is 2. The van der Waals surface area contributed by atoms with Crippen molar-refractivity contribution >= 4 is 29.3 Å². The van der Waals surface area contributed by atoms with Crippen molar-refractivity contribution in [2.24, 2.45) is 11.5 Å². The number of primary amides is 1. The minimum atomic E-state index is -0.724. The number of nitrogens with one attached hydrogen (secondary N) is 2. The maximum absolute atomic E-state index is 11.9. The Labute approximate surface area is 194 Å². The van der Waals surface area contributed by atoms with Crippen LogP contribution >= 0.6 is 0 Å². The summed E-state index contributed by atoms with van der Waals surface area (Å²) < 4.78 is 11.2. The average molecular weight is 461 g/mol. The van der Waals surface area contributed by atoms with Crippen LogP contribution in [0.2, 0.25) is 0 Å². The molecule has 34 heavy (non-hydrogen) atoms. The number of oxazole rings is 2. The highest BCUT2D eigenvalue weighted by Crippen LogP contribution is 2.32. The molecule has 11 heteroatoms. The molecule has 11 nitrogen and oxygen atoms in total. The molecule has 2 aromatic heterocycles. The van der Waals surface area contributed by atoms with E-state index in [-0.39, 0.29) is 18.5 Å². The number of likely N-dealkylation sites (N-methyl/N-ethyl adjacent to an activating group) is 1. The topological polar surface area (TPSA) is 166 Å². The fourth-order valence-corrected chi connectivity index (χ4v) is 3.38. The quantitative estimate of drug-likeness (QED) is 0.310. The monoisotopic (exact) mass is 461 g/mol. The second-order valence-electron chi connectivity index (χ2n) is 7.35. The molecular formula is C23H23N7O4. The molecule has 0 bridgehead atoms. The van der Waals surface area contributed by atoms with Gasteiger partial charge in [-0.25, -0.2) is 14.8 Å². The van der Waals surface area contributed by atoms with Crippen LogP contribution in [0.1, 0.15) is 5.56 Å². The summed E-state index contributed by atoms with van der Waals surface area (Å²) in [5.41, 5.74) is 14.0. The standard InChI is InChI=1S/C23H23N7O4/c1-30(20(31)11-24)13-14-4-2-3-5-16(14)19-12-27-23(34-19)28-15-6-7-17(21-26-8-9-33-21)18(10-15)29-22(25)32/h2-10,12H,11,13,24H2,1H3,(H,27,28)(H3,25,29,32). The van der Waals surface area contributed by atoms with E-state index >= 15 is 0 Å². The van der Waals surface area contributed by atoms with Crippen LogP contribution in [-0.4, -0.2) is 40.4 Å². The normalized spacial score (nSPS) is 10.6. The van der Waals surface area contributed by atoms with E-state index < -0.39 is 6.03 Å². The van der Waals surface area contributed by atoms with Crippen LogP contribution in [0.5, 0.6) is 0 Å². The highest BCUT2D eigenvalue weighted by atomic mass is 16.4. The molecule has 0 radical (unpaired) electrons. The molecule has 2 heterocycles. The van der Waals surface area contributed by atoms with Gasteiger partial charge in [0.1, 0.15) is 6.26 Å². The highest BCUT2D eigenvalue weighted by Gasteiger charge is 2.16. The molecule has 0 fully saturated rings. The van der Waals surface area contributed by atoms with Gasteiger partial charge in [0, 0.05) is 24.8 Å². The van der Waals surface area contributed by atoms with Crippen molar-refractivity contribution < 1.29 is 18.4 Å². The largest absolute Gasteiger partial charge is 0.444 e. The lowest BCUT2D eigenvalue weighted by Crippen LogP contribution is -2.32. The zero-order chi connectivity index (χ0) is 24.1. The number of rotatable bonds is 8. The van der Waals surface area contributed by atoms with Gasteiger partial charge in [-0.3, -0.25) is 4.79 Å². The predicted molar refractivity (Wildman–Crippen MR) is 126 cm³/mol. The van der Waals surface area contributed by atoms with Crippen molar-refractivity contribution in [3.8, 4) is 22.8 Å². The van der Waals surface area contributed by atoms with Crippen LogP contribution in [0.25, 0.3) is 22.8 Å². The molecule has 3 amide bonds. The Balaban J connectivity index is 1.57. The Morgan fingerprint density at radius 3 is 2.68 bits per heavy atom. The molecule has 0 aliphatic heterocycles. The van der Waals surface area contributed by atoms with Gasteiger partial charge >= 0.3 is 6.03 Å². The number of nitrogens with two attached hydrogens (primary N) is 2. The lowest BCUT2D eigenvalue weighted by Gasteiger charge is -2.17. The predicted octanol–water partition coefficient (Wildman–Crippen LogP) is 3.15. The van der Waals surface area contributed by atoms with E-state index in [9.17, 15) is 9.59 Å². The first-order valence-corrected chi connectivity index (χ1v) is 10.3. The van der Waals surface area contributed by atoms with Gasteiger partial charge in [-0.05, 0) is 23.8 Å². The van der Waals surface area contributed by atoms with Gasteiger partial charge < -0.3 is 35.8 Å². The van der Waals surface area contributed by atoms with E-state index in [1.165, 1.54) is 12.5 Å². The maximum atomic E-state index is 11.9. The van der Waals surface area contributed by atoms with Crippen molar-refractivity contribution in [1.29, 1.82) is 0 Å². The van der Waals surface area contributed by atoms with Crippen LogP contribution in [0.3, 0.4) is 0 Å². The molecule has 0 spiro atoms. The molecule has 0 unspecified atom stereocenters. The summed E-state index contributed by atoms with van der Waals surface area (Å²) in [5, 5.41) is 5.63. The van der Waals surface area contributed by atoms with Crippen molar-refractivity contribution in [2.45, 2.75) is 6.54 Å². The Bertz CT molecular complexity index is 1300. The number of carbonyl (C=O) groups is 2. The third-order valence-corrected chi connectivity index (χ3v) is 4.99. The van der Waals surface area contributed by atoms with Gasteiger partial charge in [-0.2, -0.15) is 0 Å². The zero-order valence-corrected chi connectivity index (χ0v) is 18.3. The molecule has 2 aromatic carbocycles. The van der Waals surface area contributed by atoms with E-state index in [0.717, 1.165) is 11.1 Å². The molecular weight excluding hydrogens is 438 g/mol. The molecule has 0 aliphatic rings. The molecule has 174 valence electrons. The van der Waals surface area contributed by atoms with Crippen molar-refractivity contribution in [3.63, 3.8) is 0 Å². The number of anilines is 3. The van der Waals surface area contributed by atoms with Gasteiger partial charge in [0.25, 0.3) is 6.01 Å². The summed E-state index contributed by atoms with van der Waals surface area (Å²) in [6, 6.07) is 12.2. The Morgan fingerprint density at radius 2 is 1.94 bits per heavy atom. The first-order valence-electron chi connectivity index (χ1n) is 10.3. The maximum Gasteiger partial charge on any atom is 0.316 e. The molecule has 0 saturated heterocycles. The van der Waals surface area contributed by atoms with Gasteiger partial charge in [0.2, 0.25) is 11.8 Å². The number of benzene rings is 2. The number of hydrogen-bond acceptors (Lipinski definition) is 8. The summed E-state index contributed by atoms with van der Waals surface area (Å²) in [4.78, 5) is 33.3. The lowest BCUT2D eigenvalue weighted by molar-refractivity contribution is -0.128. The van der Waals surface area contributed by atoms with Crippen LogP contribution in [-0.2, 0) is 11.3 Å². The van der Waals surface area contributed by atoms with Crippen LogP contribution in [0.4, 0.5) is 22.2 Å². The van der Waals surface area contributed by atoms with Gasteiger partial charge in [0.05, 0.1) is 30.2 Å². The second kappa shape index (κ2) is 9.88. The van der Waals surface area contributed by atoms with Crippen molar-refractivity contribution in [3.05, 3.63) is 66.7 Å². The van der Waals surface area contributed by atoms with Crippen molar-refractivity contribution in [1.82, 2.24) is 14.9 Å². The van der Waals surface area contributed by atoms with Gasteiger partial charge in [-0.1, -0.05) is 24.3 Å². The Morgan fingerprint density at radius 1 is 1.12 bits per heavy atom. The molecule has 0 atom stereocenters. The fraction of sp³-hybridized carbons (Fsp3) is 0.130. The highest BCUT2D eigenvalue weighted by molar-refractivity contribution is 5.93. The van der Waals surface area contributed by atoms with Crippen molar-refractivity contribution in [2.75, 3.05) is 24.2 Å². The van der Waals surface area contributed by atoms with Crippen LogP contribution in [0, 0.1) is 0 Å². The Kier molecular flexibility index (Phi) is 6.55. The number of hydrogen-bond donors (Lipinski definition) is 4. The third kappa shape index (κ3) is 5.05. The first-order chi connectivity index (χ1) is 16.4. The van der Waals surface area contributed by atoms with E-state index in [0.29, 0.717) is 35.1 Å². The second-order valence-corrected chi connectivity index (χ2v) is 7.35. The molecule has 4 rings (SSSR count). The fourth-order valence-electron chi connectivity index (χ4n) is 3.38. The van der Waals surface area contributed by atoms with E-state index in [4.69, 9.17) is 20.3 Å². The number of nitrogens with zero attached hydrogens (tertiary/aromatic N) is 3. The van der Waals surface area contributed by atoms with E-state index in [2.05, 4.69) is 20.6 Å². The third-order valence-electron chi connectivity index (χ3n) is 4.99. The van der Waals surface area contributed by atoms with Gasteiger partial charge in [0.15, 0.2) is 5.76 Å². The number of urea groups is 1. The SMILES string of the molecule is CN(Cc1ccccc1-c1cnc(Nc2ccc(-c3ncco3)c(NC(N)=O)c2)o1)C(=O)CN. The summed E-state index contributed by atoms with van der Waals surface area (Å²) in [6.07, 6.45) is 4.53. The summed E-state index contributed by atoms with van der Waals surface area (Å²) in [5.74, 6) is 0.699.